The van der Waals surface area contributed by atoms with Gasteiger partial charge in [0, 0.05) is 12.2 Å². The second-order valence-electron chi connectivity index (χ2n) is 6.99. The van der Waals surface area contributed by atoms with Crippen LogP contribution in [0.15, 0.2) is 67.0 Å². The first-order chi connectivity index (χ1) is 15.2. The van der Waals surface area contributed by atoms with Crippen molar-refractivity contribution in [3.63, 3.8) is 0 Å². The average Bonchev–Trinajstić information content (AvgIpc) is 3.25. The summed E-state index contributed by atoms with van der Waals surface area (Å²) in [5, 5.41) is 12.8. The fraction of sp³-hybridized carbons (Fsp3) is 0.174. The van der Waals surface area contributed by atoms with Gasteiger partial charge in [-0.1, -0.05) is 30.3 Å². The van der Waals surface area contributed by atoms with Gasteiger partial charge >= 0.3 is 0 Å². The molecule has 0 saturated carbocycles. The SMILES string of the molecule is O=C(CCOc1ccc(-c2cc3c(NCCc4ccccc4)ncnc3[nH]2)cc1)NO. The number of H-pyrrole nitrogens is 1. The third kappa shape index (κ3) is 5.18. The Morgan fingerprint density at radius 1 is 1.06 bits per heavy atom. The Labute approximate surface area is 179 Å². The number of aromatic amines is 1. The van der Waals surface area contributed by atoms with Crippen LogP contribution in [0, 0.1) is 0 Å². The predicted molar refractivity (Wildman–Crippen MR) is 118 cm³/mol. The van der Waals surface area contributed by atoms with Gasteiger partial charge in [0.25, 0.3) is 0 Å². The van der Waals surface area contributed by atoms with Gasteiger partial charge in [-0.3, -0.25) is 10.0 Å². The number of anilines is 1. The van der Waals surface area contributed by atoms with Gasteiger partial charge in [-0.25, -0.2) is 15.4 Å². The van der Waals surface area contributed by atoms with E-state index in [4.69, 9.17) is 9.94 Å². The summed E-state index contributed by atoms with van der Waals surface area (Å²) in [5.74, 6) is 0.961. The van der Waals surface area contributed by atoms with E-state index in [9.17, 15) is 4.79 Å². The van der Waals surface area contributed by atoms with Crippen LogP contribution in [-0.2, 0) is 11.2 Å². The first-order valence-corrected chi connectivity index (χ1v) is 10.0. The lowest BCUT2D eigenvalue weighted by atomic mass is 10.1. The Morgan fingerprint density at radius 2 is 1.87 bits per heavy atom. The van der Waals surface area contributed by atoms with Crippen LogP contribution in [0.4, 0.5) is 5.82 Å². The molecular formula is C23H23N5O3. The molecule has 0 aliphatic rings. The number of amides is 1. The van der Waals surface area contributed by atoms with Gasteiger partial charge in [0.1, 0.15) is 23.5 Å². The van der Waals surface area contributed by atoms with Crippen LogP contribution >= 0.6 is 0 Å². The van der Waals surface area contributed by atoms with E-state index in [0.717, 1.165) is 41.1 Å². The highest BCUT2D eigenvalue weighted by atomic mass is 16.5. The minimum Gasteiger partial charge on any atom is -0.493 e. The summed E-state index contributed by atoms with van der Waals surface area (Å²) in [5.41, 5.74) is 5.52. The van der Waals surface area contributed by atoms with Crippen LogP contribution < -0.4 is 15.5 Å². The molecule has 0 aliphatic carbocycles. The van der Waals surface area contributed by atoms with Gasteiger partial charge in [0.2, 0.25) is 5.91 Å². The van der Waals surface area contributed by atoms with Crippen molar-refractivity contribution in [2.45, 2.75) is 12.8 Å². The Balaban J connectivity index is 1.43. The minimum atomic E-state index is -0.482. The van der Waals surface area contributed by atoms with E-state index >= 15 is 0 Å². The molecule has 31 heavy (non-hydrogen) atoms. The molecule has 0 aliphatic heterocycles. The molecule has 2 aromatic carbocycles. The number of ether oxygens (including phenoxy) is 1. The van der Waals surface area contributed by atoms with Gasteiger partial charge in [-0.2, -0.15) is 0 Å². The number of nitrogens with zero attached hydrogens (tertiary/aromatic N) is 2. The standard InChI is InChI=1S/C23H23N5O3/c29-21(28-30)11-13-31-18-8-6-17(7-9-18)20-14-19-22(25-15-26-23(19)27-20)24-12-10-16-4-2-1-3-5-16/h1-9,14-15,30H,10-13H2,(H,28,29)(H2,24,25,26,27). The molecule has 0 unspecified atom stereocenters. The molecule has 2 heterocycles. The van der Waals surface area contributed by atoms with Crippen molar-refractivity contribution in [2.75, 3.05) is 18.5 Å². The molecule has 0 saturated heterocycles. The van der Waals surface area contributed by atoms with Crippen molar-refractivity contribution in [3.05, 3.63) is 72.6 Å². The van der Waals surface area contributed by atoms with Crippen LogP contribution in [0.5, 0.6) is 5.75 Å². The number of hydrogen-bond acceptors (Lipinski definition) is 6. The summed E-state index contributed by atoms with van der Waals surface area (Å²) >= 11 is 0. The molecule has 8 nitrogen and oxygen atoms in total. The number of carbonyl (C=O) groups excluding carboxylic acids is 1. The number of hydrogen-bond donors (Lipinski definition) is 4. The molecule has 8 heteroatoms. The number of aromatic nitrogens is 3. The van der Waals surface area contributed by atoms with Crippen LogP contribution in [0.25, 0.3) is 22.3 Å². The third-order valence-electron chi connectivity index (χ3n) is 4.86. The van der Waals surface area contributed by atoms with Crippen molar-refractivity contribution in [1.82, 2.24) is 20.4 Å². The summed E-state index contributed by atoms with van der Waals surface area (Å²) in [6.45, 7) is 0.961. The molecule has 0 atom stereocenters. The lowest BCUT2D eigenvalue weighted by molar-refractivity contribution is -0.129. The molecule has 0 spiro atoms. The molecule has 4 aromatic rings. The van der Waals surface area contributed by atoms with Crippen LogP contribution in [0.2, 0.25) is 0 Å². The van der Waals surface area contributed by atoms with Gasteiger partial charge in [-0.15, -0.1) is 0 Å². The highest BCUT2D eigenvalue weighted by Gasteiger charge is 2.10. The van der Waals surface area contributed by atoms with Crippen LogP contribution in [0.1, 0.15) is 12.0 Å². The zero-order valence-electron chi connectivity index (χ0n) is 16.8. The fourth-order valence-electron chi connectivity index (χ4n) is 3.25. The summed E-state index contributed by atoms with van der Waals surface area (Å²) in [6, 6.07) is 19.9. The zero-order chi connectivity index (χ0) is 21.5. The highest BCUT2D eigenvalue weighted by Crippen LogP contribution is 2.28. The maximum atomic E-state index is 11.0. The second-order valence-corrected chi connectivity index (χ2v) is 6.99. The molecule has 0 fully saturated rings. The maximum Gasteiger partial charge on any atom is 0.246 e. The lowest BCUT2D eigenvalue weighted by Crippen LogP contribution is -2.20. The first-order valence-electron chi connectivity index (χ1n) is 10.0. The zero-order valence-corrected chi connectivity index (χ0v) is 16.8. The number of benzene rings is 2. The van der Waals surface area contributed by atoms with E-state index in [1.54, 1.807) is 11.8 Å². The summed E-state index contributed by atoms with van der Waals surface area (Å²) in [7, 11) is 0. The van der Waals surface area contributed by atoms with E-state index in [1.807, 2.05) is 48.5 Å². The van der Waals surface area contributed by atoms with E-state index < -0.39 is 5.91 Å². The third-order valence-corrected chi connectivity index (χ3v) is 4.86. The van der Waals surface area contributed by atoms with Gasteiger partial charge in [0.15, 0.2) is 0 Å². The molecule has 158 valence electrons. The van der Waals surface area contributed by atoms with E-state index in [-0.39, 0.29) is 13.0 Å². The normalized spacial score (nSPS) is 10.7. The van der Waals surface area contributed by atoms with Crippen molar-refractivity contribution < 1.29 is 14.7 Å². The smallest absolute Gasteiger partial charge is 0.246 e. The quantitative estimate of drug-likeness (QED) is 0.245. The Bertz CT molecular complexity index is 1140. The molecule has 2 aromatic heterocycles. The molecule has 4 N–H and O–H groups in total. The lowest BCUT2D eigenvalue weighted by Gasteiger charge is -2.06. The summed E-state index contributed by atoms with van der Waals surface area (Å²) in [4.78, 5) is 23.1. The monoisotopic (exact) mass is 417 g/mol. The topological polar surface area (TPSA) is 112 Å². The Kier molecular flexibility index (Phi) is 6.39. The average molecular weight is 417 g/mol. The van der Waals surface area contributed by atoms with E-state index in [0.29, 0.717) is 5.75 Å². The van der Waals surface area contributed by atoms with Crippen molar-refractivity contribution in [1.29, 1.82) is 0 Å². The van der Waals surface area contributed by atoms with Gasteiger partial charge < -0.3 is 15.0 Å². The van der Waals surface area contributed by atoms with Crippen molar-refractivity contribution >= 4 is 22.8 Å². The summed E-state index contributed by atoms with van der Waals surface area (Å²) < 4.78 is 5.51. The number of fused-ring (bicyclic) bond motifs is 1. The summed E-state index contributed by atoms with van der Waals surface area (Å²) in [6.07, 6.45) is 2.54. The fourth-order valence-corrected chi connectivity index (χ4v) is 3.25. The first kappa shape index (κ1) is 20.4. The molecular weight excluding hydrogens is 394 g/mol. The molecule has 1 amide bonds. The van der Waals surface area contributed by atoms with E-state index in [2.05, 4.69) is 32.4 Å². The van der Waals surface area contributed by atoms with Crippen LogP contribution in [0.3, 0.4) is 0 Å². The Hall–Kier alpha value is -3.91. The molecule has 0 bridgehead atoms. The molecule has 4 rings (SSSR count). The Morgan fingerprint density at radius 3 is 2.65 bits per heavy atom. The maximum absolute atomic E-state index is 11.0. The number of carbonyl (C=O) groups is 1. The predicted octanol–water partition coefficient (Wildman–Crippen LogP) is 3.55. The highest BCUT2D eigenvalue weighted by molar-refractivity contribution is 5.91. The largest absolute Gasteiger partial charge is 0.493 e. The molecule has 0 radical (unpaired) electrons. The number of hydroxylamine groups is 1. The minimum absolute atomic E-state index is 0.0823. The van der Waals surface area contributed by atoms with E-state index in [1.165, 1.54) is 5.56 Å². The van der Waals surface area contributed by atoms with Crippen molar-refractivity contribution in [3.8, 4) is 17.0 Å². The van der Waals surface area contributed by atoms with Crippen LogP contribution in [-0.4, -0.2) is 39.2 Å². The van der Waals surface area contributed by atoms with Crippen molar-refractivity contribution in [2.24, 2.45) is 0 Å². The second kappa shape index (κ2) is 9.73. The van der Waals surface area contributed by atoms with Gasteiger partial charge in [0.05, 0.1) is 18.4 Å². The number of rotatable bonds is 9. The number of nitrogens with one attached hydrogen (secondary N) is 3. The van der Waals surface area contributed by atoms with Gasteiger partial charge in [-0.05, 0) is 47.9 Å².